The number of aryl methyl sites for hydroxylation is 2. The van der Waals surface area contributed by atoms with E-state index >= 15 is 0 Å². The number of aromatic nitrogens is 1. The summed E-state index contributed by atoms with van der Waals surface area (Å²) >= 11 is 6.21. The molecule has 2 aromatic rings. The van der Waals surface area contributed by atoms with Crippen LogP contribution in [0.5, 0.6) is 0 Å². The van der Waals surface area contributed by atoms with E-state index in [2.05, 4.69) is 0 Å². The van der Waals surface area contributed by atoms with E-state index in [0.29, 0.717) is 18.5 Å². The summed E-state index contributed by atoms with van der Waals surface area (Å²) < 4.78 is 6.83. The van der Waals surface area contributed by atoms with Crippen molar-refractivity contribution in [3.63, 3.8) is 0 Å². The first kappa shape index (κ1) is 13.9. The van der Waals surface area contributed by atoms with E-state index in [0.717, 1.165) is 16.6 Å². The Morgan fingerprint density at radius 1 is 1.37 bits per heavy atom. The van der Waals surface area contributed by atoms with Gasteiger partial charge >= 0.3 is 5.97 Å². The number of benzene rings is 1. The van der Waals surface area contributed by atoms with Gasteiger partial charge in [0.15, 0.2) is 0 Å². The molecule has 1 heterocycles. The molecule has 0 radical (unpaired) electrons. The lowest BCUT2D eigenvalue weighted by atomic mass is 10.1. The molecule has 102 valence electrons. The molecule has 0 fully saturated rings. The zero-order valence-corrected chi connectivity index (χ0v) is 11.9. The largest absolute Gasteiger partial charge is 0.478 e. The normalized spacial score (nSPS) is 11.2. The minimum absolute atomic E-state index is 0.163. The van der Waals surface area contributed by atoms with Crippen LogP contribution in [0.3, 0.4) is 0 Å². The molecule has 19 heavy (non-hydrogen) atoms. The van der Waals surface area contributed by atoms with Gasteiger partial charge in [0.2, 0.25) is 0 Å². The molecule has 2 rings (SSSR count). The molecule has 0 spiro atoms. The third-order valence-electron chi connectivity index (χ3n) is 3.35. The van der Waals surface area contributed by atoms with Gasteiger partial charge < -0.3 is 14.4 Å². The number of hydrogen-bond donors (Lipinski definition) is 1. The third-order valence-corrected chi connectivity index (χ3v) is 3.74. The highest BCUT2D eigenvalue weighted by atomic mass is 35.5. The fourth-order valence-corrected chi connectivity index (χ4v) is 2.54. The lowest BCUT2D eigenvalue weighted by Gasteiger charge is -2.07. The quantitative estimate of drug-likeness (QED) is 0.936. The summed E-state index contributed by atoms with van der Waals surface area (Å²) in [6.45, 7) is 4.97. The molecule has 0 atom stereocenters. The molecule has 0 amide bonds. The van der Waals surface area contributed by atoms with Crippen molar-refractivity contribution in [2.24, 2.45) is 0 Å². The average Bonchev–Trinajstić information content (AvgIpc) is 2.59. The molecule has 1 aromatic heterocycles. The molecular formula is C14H16ClNO3. The van der Waals surface area contributed by atoms with E-state index in [1.807, 2.05) is 26.0 Å². The SMILES string of the molecule is COCCn1c(Cl)c(C(=O)O)c2cc(C)c(C)cc21. The van der Waals surface area contributed by atoms with Gasteiger partial charge in [0.1, 0.15) is 10.7 Å². The number of carboxylic acids is 1. The van der Waals surface area contributed by atoms with Crippen LogP contribution < -0.4 is 0 Å². The van der Waals surface area contributed by atoms with Gasteiger partial charge in [0, 0.05) is 19.0 Å². The summed E-state index contributed by atoms with van der Waals surface area (Å²) in [6, 6.07) is 3.85. The Morgan fingerprint density at radius 3 is 2.58 bits per heavy atom. The number of fused-ring (bicyclic) bond motifs is 1. The summed E-state index contributed by atoms with van der Waals surface area (Å²) in [7, 11) is 1.60. The van der Waals surface area contributed by atoms with Crippen LogP contribution in [0.2, 0.25) is 5.15 Å². The van der Waals surface area contributed by atoms with Crippen LogP contribution in [-0.2, 0) is 11.3 Å². The number of hydrogen-bond acceptors (Lipinski definition) is 2. The lowest BCUT2D eigenvalue weighted by Crippen LogP contribution is -2.05. The number of nitrogens with zero attached hydrogens (tertiary/aromatic N) is 1. The van der Waals surface area contributed by atoms with Crippen LogP contribution >= 0.6 is 11.6 Å². The number of carbonyl (C=O) groups is 1. The number of rotatable bonds is 4. The van der Waals surface area contributed by atoms with E-state index in [-0.39, 0.29) is 10.7 Å². The zero-order chi connectivity index (χ0) is 14.2. The second kappa shape index (κ2) is 5.23. The van der Waals surface area contributed by atoms with Gasteiger partial charge in [-0.05, 0) is 37.1 Å². The van der Waals surface area contributed by atoms with Crippen molar-refractivity contribution in [1.82, 2.24) is 4.57 Å². The predicted molar refractivity (Wildman–Crippen MR) is 75.3 cm³/mol. The standard InChI is InChI=1S/C14H16ClNO3/c1-8-6-10-11(7-9(8)2)16(4-5-19-3)13(15)12(10)14(17)18/h6-7H,4-5H2,1-3H3,(H,17,18). The van der Waals surface area contributed by atoms with Crippen molar-refractivity contribution in [1.29, 1.82) is 0 Å². The van der Waals surface area contributed by atoms with Crippen LogP contribution in [-0.4, -0.2) is 29.4 Å². The van der Waals surface area contributed by atoms with Gasteiger partial charge in [-0.2, -0.15) is 0 Å². The minimum atomic E-state index is -1.01. The number of ether oxygens (including phenoxy) is 1. The van der Waals surface area contributed by atoms with Crippen molar-refractivity contribution in [2.45, 2.75) is 20.4 Å². The Labute approximate surface area is 116 Å². The fourth-order valence-electron chi connectivity index (χ4n) is 2.18. The third kappa shape index (κ3) is 2.33. The monoisotopic (exact) mass is 281 g/mol. The van der Waals surface area contributed by atoms with Crippen LogP contribution in [0.1, 0.15) is 21.5 Å². The second-order valence-electron chi connectivity index (χ2n) is 4.57. The molecule has 0 aliphatic rings. The maximum Gasteiger partial charge on any atom is 0.339 e. The first-order chi connectivity index (χ1) is 8.97. The maximum atomic E-state index is 11.4. The first-order valence-corrected chi connectivity index (χ1v) is 6.36. The van der Waals surface area contributed by atoms with E-state index in [1.54, 1.807) is 11.7 Å². The minimum Gasteiger partial charge on any atom is -0.478 e. The zero-order valence-electron chi connectivity index (χ0n) is 11.2. The van der Waals surface area contributed by atoms with Crippen molar-refractivity contribution < 1.29 is 14.6 Å². The predicted octanol–water partition coefficient (Wildman–Crippen LogP) is 3.26. The summed E-state index contributed by atoms with van der Waals surface area (Å²) in [5.74, 6) is -1.01. The van der Waals surface area contributed by atoms with E-state index < -0.39 is 5.97 Å². The highest BCUT2D eigenvalue weighted by molar-refractivity contribution is 6.35. The van der Waals surface area contributed by atoms with Crippen molar-refractivity contribution >= 4 is 28.5 Å². The van der Waals surface area contributed by atoms with Gasteiger partial charge in [-0.25, -0.2) is 4.79 Å². The van der Waals surface area contributed by atoms with Crippen LogP contribution in [0, 0.1) is 13.8 Å². The highest BCUT2D eigenvalue weighted by Crippen LogP contribution is 2.32. The molecule has 5 heteroatoms. The van der Waals surface area contributed by atoms with Crippen LogP contribution in [0.15, 0.2) is 12.1 Å². The molecule has 0 unspecified atom stereocenters. The summed E-state index contributed by atoms with van der Waals surface area (Å²) in [5, 5.41) is 10.3. The summed E-state index contributed by atoms with van der Waals surface area (Å²) in [4.78, 5) is 11.4. The number of methoxy groups -OCH3 is 1. The fraction of sp³-hybridized carbons (Fsp3) is 0.357. The van der Waals surface area contributed by atoms with Gasteiger partial charge in [-0.15, -0.1) is 0 Å². The smallest absolute Gasteiger partial charge is 0.339 e. The average molecular weight is 282 g/mol. The molecule has 0 saturated carbocycles. The van der Waals surface area contributed by atoms with E-state index in [1.165, 1.54) is 0 Å². The number of halogens is 1. The molecule has 0 saturated heterocycles. The second-order valence-corrected chi connectivity index (χ2v) is 4.93. The Kier molecular flexibility index (Phi) is 3.83. The topological polar surface area (TPSA) is 51.5 Å². The van der Waals surface area contributed by atoms with E-state index in [4.69, 9.17) is 16.3 Å². The van der Waals surface area contributed by atoms with Gasteiger partial charge in [0.25, 0.3) is 0 Å². The lowest BCUT2D eigenvalue weighted by molar-refractivity contribution is 0.0699. The van der Waals surface area contributed by atoms with Crippen molar-refractivity contribution in [3.8, 4) is 0 Å². The molecule has 4 nitrogen and oxygen atoms in total. The molecule has 1 aromatic carbocycles. The molecule has 0 aliphatic heterocycles. The number of carboxylic acid groups (broad SMARTS) is 1. The van der Waals surface area contributed by atoms with Gasteiger partial charge in [-0.1, -0.05) is 11.6 Å². The Hall–Kier alpha value is -1.52. The Balaban J connectivity index is 2.76. The van der Waals surface area contributed by atoms with Gasteiger partial charge in [0.05, 0.1) is 12.1 Å². The molecular weight excluding hydrogens is 266 g/mol. The first-order valence-electron chi connectivity index (χ1n) is 5.98. The van der Waals surface area contributed by atoms with Gasteiger partial charge in [-0.3, -0.25) is 0 Å². The Morgan fingerprint density at radius 2 is 2.00 bits per heavy atom. The summed E-state index contributed by atoms with van der Waals surface area (Å²) in [6.07, 6.45) is 0. The summed E-state index contributed by atoms with van der Waals surface area (Å²) in [5.41, 5.74) is 3.16. The Bertz CT molecular complexity index is 646. The number of aromatic carboxylic acids is 1. The molecule has 0 aliphatic carbocycles. The van der Waals surface area contributed by atoms with Crippen LogP contribution in [0.25, 0.3) is 10.9 Å². The molecule has 0 bridgehead atoms. The highest BCUT2D eigenvalue weighted by Gasteiger charge is 2.21. The van der Waals surface area contributed by atoms with Crippen molar-refractivity contribution in [3.05, 3.63) is 34.0 Å². The van der Waals surface area contributed by atoms with Crippen LogP contribution in [0.4, 0.5) is 0 Å². The van der Waals surface area contributed by atoms with Crippen molar-refractivity contribution in [2.75, 3.05) is 13.7 Å². The van der Waals surface area contributed by atoms with E-state index in [9.17, 15) is 9.90 Å². The molecule has 1 N–H and O–H groups in total. The maximum absolute atomic E-state index is 11.4.